The minimum absolute atomic E-state index is 0.508. The Hall–Kier alpha value is -1.22. The van der Waals surface area contributed by atoms with Gasteiger partial charge in [0.05, 0.1) is 5.69 Å². The van der Waals surface area contributed by atoms with Gasteiger partial charge in [0.1, 0.15) is 12.4 Å². The summed E-state index contributed by atoms with van der Waals surface area (Å²) >= 11 is 0. The number of ether oxygens (including phenoxy) is 1. The van der Waals surface area contributed by atoms with Crippen LogP contribution in [0, 0.1) is 5.41 Å². The summed E-state index contributed by atoms with van der Waals surface area (Å²) in [7, 11) is 0. The molecule has 19 heavy (non-hydrogen) atoms. The van der Waals surface area contributed by atoms with Gasteiger partial charge >= 0.3 is 0 Å². The molecule has 1 aromatic rings. The van der Waals surface area contributed by atoms with Crippen LogP contribution in [0.25, 0.3) is 0 Å². The molecular formula is C16H24N2O. The number of hydrogen-bond donors (Lipinski definition) is 2. The molecule has 1 heterocycles. The van der Waals surface area contributed by atoms with Crippen LogP contribution in [0.1, 0.15) is 38.2 Å². The summed E-state index contributed by atoms with van der Waals surface area (Å²) in [5, 5.41) is 7.02. The predicted molar refractivity (Wildman–Crippen MR) is 78.7 cm³/mol. The Morgan fingerprint density at radius 2 is 2.16 bits per heavy atom. The van der Waals surface area contributed by atoms with Crippen molar-refractivity contribution < 1.29 is 4.74 Å². The first-order valence-corrected chi connectivity index (χ1v) is 7.46. The number of benzene rings is 1. The number of nitrogens with one attached hydrogen (secondary N) is 2. The average molecular weight is 260 g/mol. The molecule has 3 heteroatoms. The van der Waals surface area contributed by atoms with Gasteiger partial charge in [0, 0.05) is 25.2 Å². The standard InChI is InChI=1S/C16H24N2O/c1-16(7-2-3-8-16)12-17-11-13-5-4-6-14-15(13)19-10-9-18-14/h4-6,17-18H,2-3,7-12H2,1H3. The van der Waals surface area contributed by atoms with Gasteiger partial charge in [0.15, 0.2) is 0 Å². The highest BCUT2D eigenvalue weighted by atomic mass is 16.5. The van der Waals surface area contributed by atoms with E-state index in [-0.39, 0.29) is 0 Å². The zero-order valence-corrected chi connectivity index (χ0v) is 11.8. The summed E-state index contributed by atoms with van der Waals surface area (Å²) in [4.78, 5) is 0. The lowest BCUT2D eigenvalue weighted by Crippen LogP contribution is -2.29. The van der Waals surface area contributed by atoms with Gasteiger partial charge in [0.25, 0.3) is 0 Å². The molecule has 1 aliphatic heterocycles. The predicted octanol–water partition coefficient (Wildman–Crippen LogP) is 3.16. The second kappa shape index (κ2) is 5.41. The normalized spacial score (nSPS) is 20.5. The van der Waals surface area contributed by atoms with Crippen molar-refractivity contribution in [2.75, 3.05) is 25.0 Å². The zero-order chi connectivity index (χ0) is 13.1. The van der Waals surface area contributed by atoms with Crippen LogP contribution in [0.15, 0.2) is 18.2 Å². The maximum absolute atomic E-state index is 5.80. The maximum Gasteiger partial charge on any atom is 0.146 e. The lowest BCUT2D eigenvalue weighted by atomic mass is 9.89. The highest BCUT2D eigenvalue weighted by molar-refractivity contribution is 5.61. The zero-order valence-electron chi connectivity index (χ0n) is 11.8. The Balaban J connectivity index is 1.61. The highest BCUT2D eigenvalue weighted by Crippen LogP contribution is 2.37. The Morgan fingerprint density at radius 3 is 3.00 bits per heavy atom. The lowest BCUT2D eigenvalue weighted by Gasteiger charge is -2.25. The number of hydrogen-bond acceptors (Lipinski definition) is 3. The van der Waals surface area contributed by atoms with Crippen LogP contribution >= 0.6 is 0 Å². The van der Waals surface area contributed by atoms with Crippen LogP contribution in [0.3, 0.4) is 0 Å². The molecule has 2 aliphatic rings. The van der Waals surface area contributed by atoms with E-state index in [2.05, 4.69) is 35.8 Å². The van der Waals surface area contributed by atoms with Crippen molar-refractivity contribution in [3.63, 3.8) is 0 Å². The summed E-state index contributed by atoms with van der Waals surface area (Å²) in [6.45, 7) is 6.10. The van der Waals surface area contributed by atoms with Gasteiger partial charge in [-0.05, 0) is 24.3 Å². The maximum atomic E-state index is 5.80. The summed E-state index contributed by atoms with van der Waals surface area (Å²) < 4.78 is 5.80. The van der Waals surface area contributed by atoms with Crippen LogP contribution in [-0.2, 0) is 6.54 Å². The molecule has 3 nitrogen and oxygen atoms in total. The Labute approximate surface area is 115 Å². The van der Waals surface area contributed by atoms with Gasteiger partial charge in [0.2, 0.25) is 0 Å². The van der Waals surface area contributed by atoms with Crippen molar-refractivity contribution in [3.05, 3.63) is 23.8 Å². The molecule has 1 aliphatic carbocycles. The quantitative estimate of drug-likeness (QED) is 0.872. The second-order valence-electron chi connectivity index (χ2n) is 6.19. The van der Waals surface area contributed by atoms with E-state index in [1.807, 2.05) is 0 Å². The van der Waals surface area contributed by atoms with E-state index >= 15 is 0 Å². The van der Waals surface area contributed by atoms with Gasteiger partial charge < -0.3 is 15.4 Å². The second-order valence-corrected chi connectivity index (χ2v) is 6.19. The molecule has 3 rings (SSSR count). The highest BCUT2D eigenvalue weighted by Gasteiger charge is 2.28. The number of rotatable bonds is 4. The van der Waals surface area contributed by atoms with Crippen LogP contribution in [0.5, 0.6) is 5.75 Å². The van der Waals surface area contributed by atoms with Crippen molar-refractivity contribution in [3.8, 4) is 5.75 Å². The fourth-order valence-corrected chi connectivity index (χ4v) is 3.28. The first kappa shape index (κ1) is 12.8. The lowest BCUT2D eigenvalue weighted by molar-refractivity contribution is 0.305. The van der Waals surface area contributed by atoms with Crippen LogP contribution in [0.2, 0.25) is 0 Å². The van der Waals surface area contributed by atoms with Gasteiger partial charge in [-0.2, -0.15) is 0 Å². The van der Waals surface area contributed by atoms with E-state index in [9.17, 15) is 0 Å². The molecule has 1 fully saturated rings. The van der Waals surface area contributed by atoms with Gasteiger partial charge in [-0.15, -0.1) is 0 Å². The van der Waals surface area contributed by atoms with Gasteiger partial charge in [-0.25, -0.2) is 0 Å². The molecule has 0 radical (unpaired) electrons. The molecule has 0 bridgehead atoms. The van der Waals surface area contributed by atoms with E-state index in [0.29, 0.717) is 5.41 Å². The third-order valence-corrected chi connectivity index (χ3v) is 4.44. The van der Waals surface area contributed by atoms with E-state index in [1.165, 1.54) is 31.2 Å². The minimum Gasteiger partial charge on any atom is -0.489 e. The molecule has 104 valence electrons. The molecule has 2 N–H and O–H groups in total. The summed E-state index contributed by atoms with van der Waals surface area (Å²) in [5.41, 5.74) is 2.91. The van der Waals surface area contributed by atoms with Gasteiger partial charge in [-0.3, -0.25) is 0 Å². The average Bonchev–Trinajstić information content (AvgIpc) is 2.86. The smallest absolute Gasteiger partial charge is 0.146 e. The Morgan fingerprint density at radius 1 is 1.32 bits per heavy atom. The van der Waals surface area contributed by atoms with E-state index < -0.39 is 0 Å². The first-order valence-electron chi connectivity index (χ1n) is 7.46. The van der Waals surface area contributed by atoms with E-state index in [1.54, 1.807) is 0 Å². The molecule has 0 amide bonds. The SMILES string of the molecule is CC1(CNCc2cccc3c2OCCN3)CCCC1. The number of para-hydroxylation sites is 1. The van der Waals surface area contributed by atoms with Crippen LogP contribution < -0.4 is 15.4 Å². The topological polar surface area (TPSA) is 33.3 Å². The monoisotopic (exact) mass is 260 g/mol. The Bertz CT molecular complexity index is 438. The largest absolute Gasteiger partial charge is 0.489 e. The molecule has 0 spiro atoms. The molecule has 0 unspecified atom stereocenters. The van der Waals surface area contributed by atoms with E-state index in [0.717, 1.165) is 37.7 Å². The molecule has 0 saturated heterocycles. The fraction of sp³-hybridized carbons (Fsp3) is 0.625. The summed E-state index contributed by atoms with van der Waals surface area (Å²) in [5.74, 6) is 1.04. The van der Waals surface area contributed by atoms with Crippen LogP contribution in [-0.4, -0.2) is 19.7 Å². The number of anilines is 1. The van der Waals surface area contributed by atoms with Crippen molar-refractivity contribution in [2.24, 2.45) is 5.41 Å². The number of fused-ring (bicyclic) bond motifs is 1. The fourth-order valence-electron chi connectivity index (χ4n) is 3.28. The molecule has 0 atom stereocenters. The van der Waals surface area contributed by atoms with Gasteiger partial charge in [-0.1, -0.05) is 31.9 Å². The first-order chi connectivity index (χ1) is 9.27. The molecule has 0 aromatic heterocycles. The molecule has 1 saturated carbocycles. The van der Waals surface area contributed by atoms with E-state index in [4.69, 9.17) is 4.74 Å². The molecular weight excluding hydrogens is 236 g/mol. The van der Waals surface area contributed by atoms with Crippen LogP contribution in [0.4, 0.5) is 5.69 Å². The third-order valence-electron chi connectivity index (χ3n) is 4.44. The van der Waals surface area contributed by atoms with Crippen molar-refractivity contribution in [1.82, 2.24) is 5.32 Å². The van der Waals surface area contributed by atoms with Crippen molar-refractivity contribution >= 4 is 5.69 Å². The summed E-state index contributed by atoms with van der Waals surface area (Å²) in [6, 6.07) is 6.36. The van der Waals surface area contributed by atoms with Crippen molar-refractivity contribution in [1.29, 1.82) is 0 Å². The Kier molecular flexibility index (Phi) is 3.65. The minimum atomic E-state index is 0.508. The molecule has 1 aromatic carbocycles. The summed E-state index contributed by atoms with van der Waals surface area (Å²) in [6.07, 6.45) is 5.52. The van der Waals surface area contributed by atoms with Crippen molar-refractivity contribution in [2.45, 2.75) is 39.2 Å². The third kappa shape index (κ3) is 2.86.